The number of aryl methyl sites for hydroxylation is 2. The number of hydrogen-bond acceptors (Lipinski definition) is 5. The monoisotopic (exact) mass is 500 g/mol. The molecule has 37 heavy (non-hydrogen) atoms. The van der Waals surface area contributed by atoms with E-state index in [2.05, 4.69) is 63.0 Å². The summed E-state index contributed by atoms with van der Waals surface area (Å²) >= 11 is 0. The van der Waals surface area contributed by atoms with E-state index in [1.54, 1.807) is 11.0 Å². The summed E-state index contributed by atoms with van der Waals surface area (Å²) in [6.07, 6.45) is 9.06. The number of methoxy groups -OCH3 is 1. The molecule has 1 atom stereocenters. The first-order valence-corrected chi connectivity index (χ1v) is 12.7. The largest absolute Gasteiger partial charge is 0.496 e. The van der Waals surface area contributed by atoms with Gasteiger partial charge in [0.25, 0.3) is 5.56 Å². The Morgan fingerprint density at radius 2 is 1.89 bits per heavy atom. The molecule has 1 aromatic heterocycles. The number of nitrogens with one attached hydrogen (secondary N) is 1. The molecule has 7 heteroatoms. The number of nitrogens with zero attached hydrogens (tertiary/aromatic N) is 3. The lowest BCUT2D eigenvalue weighted by molar-refractivity contribution is -0.107. The average molecular weight is 501 g/mol. The fraction of sp³-hybridized carbons (Fsp3) is 0.367. The predicted molar refractivity (Wildman–Crippen MR) is 152 cm³/mol. The van der Waals surface area contributed by atoms with Gasteiger partial charge in [-0.3, -0.25) is 9.59 Å². The van der Waals surface area contributed by atoms with Crippen molar-refractivity contribution in [3.05, 3.63) is 69.0 Å². The molecule has 1 heterocycles. The molecule has 0 aliphatic heterocycles. The van der Waals surface area contributed by atoms with Crippen molar-refractivity contribution in [3.63, 3.8) is 0 Å². The highest BCUT2D eigenvalue weighted by Gasteiger charge is 2.24. The Hall–Kier alpha value is -3.87. The third kappa shape index (κ3) is 5.03. The molecule has 2 aromatic carbocycles. The van der Waals surface area contributed by atoms with Crippen molar-refractivity contribution >= 4 is 28.7 Å². The lowest BCUT2D eigenvalue weighted by Crippen LogP contribution is -2.28. The molecule has 7 nitrogen and oxygen atoms in total. The molecule has 4 rings (SSSR count). The Balaban J connectivity index is 2.00. The van der Waals surface area contributed by atoms with Gasteiger partial charge in [-0.25, -0.2) is 4.98 Å². The summed E-state index contributed by atoms with van der Waals surface area (Å²) in [4.78, 5) is 37.5. The molecule has 0 bridgehead atoms. The topological polar surface area (TPSA) is 78.5 Å². The molecule has 0 saturated heterocycles. The van der Waals surface area contributed by atoms with Gasteiger partial charge in [0.2, 0.25) is 6.41 Å². The maximum Gasteiger partial charge on any atom is 0.262 e. The van der Waals surface area contributed by atoms with Crippen LogP contribution < -0.4 is 20.1 Å². The Labute approximate surface area is 218 Å². The minimum absolute atomic E-state index is 0.310. The van der Waals surface area contributed by atoms with Crippen LogP contribution in [0.2, 0.25) is 0 Å². The standard InChI is InChI=1S/C30H36N4O3/c1-8-23-19(3)13-22(14-20(23)4)29-31-27-26(30(36)32-29)25(37-7)15-24(33(5)6)28(27)34(17-35)16-21-11-9-18(2)10-12-21/h9,11-15,17-18H,8,10,16H2,1-7H3,(H,31,32,36). The summed E-state index contributed by atoms with van der Waals surface area (Å²) < 4.78 is 5.63. The number of carbonyl (C=O) groups excluding carboxylic acids is 1. The Morgan fingerprint density at radius 1 is 1.19 bits per heavy atom. The van der Waals surface area contributed by atoms with Crippen LogP contribution in [0.3, 0.4) is 0 Å². The second-order valence-electron chi connectivity index (χ2n) is 10.0. The highest BCUT2D eigenvalue weighted by atomic mass is 16.5. The number of H-pyrrole nitrogens is 1. The zero-order chi connectivity index (χ0) is 26.9. The molecule has 1 amide bonds. The summed E-state index contributed by atoms with van der Waals surface area (Å²) in [5, 5.41) is 0.319. The number of aromatic amines is 1. The van der Waals surface area contributed by atoms with Crippen LogP contribution in [0, 0.1) is 19.8 Å². The zero-order valence-electron chi connectivity index (χ0n) is 22.8. The summed E-state index contributed by atoms with van der Waals surface area (Å²) in [6.45, 7) is 8.83. The maximum atomic E-state index is 13.5. The molecular weight excluding hydrogens is 464 g/mol. The van der Waals surface area contributed by atoms with Crippen LogP contribution in [0.4, 0.5) is 11.4 Å². The van der Waals surface area contributed by atoms with E-state index in [0.29, 0.717) is 40.6 Å². The number of allylic oxidation sites excluding steroid dienone is 2. The molecule has 1 N–H and O–H groups in total. The van der Waals surface area contributed by atoms with E-state index in [0.717, 1.165) is 47.2 Å². The summed E-state index contributed by atoms with van der Waals surface area (Å²) in [6, 6.07) is 5.90. The van der Waals surface area contributed by atoms with E-state index < -0.39 is 0 Å². The van der Waals surface area contributed by atoms with Gasteiger partial charge in [0.15, 0.2) is 0 Å². The smallest absolute Gasteiger partial charge is 0.262 e. The van der Waals surface area contributed by atoms with Gasteiger partial charge in [0, 0.05) is 25.7 Å². The molecule has 0 saturated carbocycles. The zero-order valence-corrected chi connectivity index (χ0v) is 22.8. The Kier molecular flexibility index (Phi) is 7.52. The molecule has 3 aromatic rings. The summed E-state index contributed by atoms with van der Waals surface area (Å²) in [5.41, 5.74) is 6.91. The number of fused-ring (bicyclic) bond motifs is 1. The first-order chi connectivity index (χ1) is 17.7. The van der Waals surface area contributed by atoms with Gasteiger partial charge in [0.1, 0.15) is 22.5 Å². The molecule has 1 unspecified atom stereocenters. The van der Waals surface area contributed by atoms with Gasteiger partial charge in [-0.2, -0.15) is 0 Å². The van der Waals surface area contributed by atoms with E-state index in [-0.39, 0.29) is 5.56 Å². The Morgan fingerprint density at radius 3 is 2.43 bits per heavy atom. The van der Waals surface area contributed by atoms with Crippen molar-refractivity contribution < 1.29 is 9.53 Å². The predicted octanol–water partition coefficient (Wildman–Crippen LogP) is 5.33. The minimum Gasteiger partial charge on any atom is -0.496 e. The van der Waals surface area contributed by atoms with Crippen LogP contribution in [0.1, 0.15) is 37.0 Å². The molecule has 0 fully saturated rings. The minimum atomic E-state index is -0.310. The van der Waals surface area contributed by atoms with Crippen molar-refractivity contribution in [1.29, 1.82) is 0 Å². The number of amides is 1. The van der Waals surface area contributed by atoms with Crippen LogP contribution in [-0.4, -0.2) is 44.1 Å². The van der Waals surface area contributed by atoms with Gasteiger partial charge in [0.05, 0.1) is 25.0 Å². The van der Waals surface area contributed by atoms with Crippen molar-refractivity contribution in [1.82, 2.24) is 9.97 Å². The first kappa shape index (κ1) is 26.2. The van der Waals surface area contributed by atoms with Crippen molar-refractivity contribution in [2.45, 2.75) is 40.5 Å². The lowest BCUT2D eigenvalue weighted by atomic mass is 9.97. The number of carbonyl (C=O) groups is 1. The third-order valence-corrected chi connectivity index (χ3v) is 7.08. The van der Waals surface area contributed by atoms with Crippen molar-refractivity contribution in [2.24, 2.45) is 5.92 Å². The lowest BCUT2D eigenvalue weighted by Gasteiger charge is -2.27. The van der Waals surface area contributed by atoms with Crippen LogP contribution >= 0.6 is 0 Å². The molecule has 1 aliphatic carbocycles. The quantitative estimate of drug-likeness (QED) is 0.423. The van der Waals surface area contributed by atoms with Gasteiger partial charge in [-0.15, -0.1) is 0 Å². The molecule has 0 spiro atoms. The van der Waals surface area contributed by atoms with E-state index in [1.165, 1.54) is 12.7 Å². The van der Waals surface area contributed by atoms with Crippen LogP contribution in [0.25, 0.3) is 22.3 Å². The second kappa shape index (κ2) is 10.6. The van der Waals surface area contributed by atoms with Gasteiger partial charge in [-0.05, 0) is 67.0 Å². The van der Waals surface area contributed by atoms with Crippen LogP contribution in [0.5, 0.6) is 5.75 Å². The maximum absolute atomic E-state index is 13.5. The third-order valence-electron chi connectivity index (χ3n) is 7.08. The molecule has 194 valence electrons. The number of hydrogen-bond donors (Lipinski definition) is 1. The van der Waals surface area contributed by atoms with Crippen molar-refractivity contribution in [3.8, 4) is 17.1 Å². The average Bonchev–Trinajstić information content (AvgIpc) is 2.87. The Bertz CT molecular complexity index is 1440. The van der Waals surface area contributed by atoms with Crippen LogP contribution in [-0.2, 0) is 11.2 Å². The number of anilines is 2. The number of rotatable bonds is 8. The first-order valence-electron chi connectivity index (χ1n) is 12.7. The number of ether oxygens (including phenoxy) is 1. The SMILES string of the molecule is CCc1c(C)cc(-c2nc3c(N(C=O)CC4=CCC(C)C=C4)c(N(C)C)cc(OC)c3c(=O)[nH]2)cc1C. The van der Waals surface area contributed by atoms with E-state index in [9.17, 15) is 9.59 Å². The van der Waals surface area contributed by atoms with Gasteiger partial charge in [-0.1, -0.05) is 32.1 Å². The normalized spacial score (nSPS) is 15.0. The van der Waals surface area contributed by atoms with Gasteiger partial charge >= 0.3 is 0 Å². The highest BCUT2D eigenvalue weighted by Crippen LogP contribution is 2.40. The van der Waals surface area contributed by atoms with E-state index in [1.807, 2.05) is 19.0 Å². The number of benzene rings is 2. The fourth-order valence-electron chi connectivity index (χ4n) is 5.12. The summed E-state index contributed by atoms with van der Waals surface area (Å²) in [7, 11) is 5.34. The van der Waals surface area contributed by atoms with Crippen LogP contribution in [0.15, 0.2) is 46.8 Å². The molecular formula is C30H36N4O3. The fourth-order valence-corrected chi connectivity index (χ4v) is 5.12. The number of aromatic nitrogens is 2. The van der Waals surface area contributed by atoms with Crippen molar-refractivity contribution in [2.75, 3.05) is 37.5 Å². The molecule has 0 radical (unpaired) electrons. The molecule has 1 aliphatic rings. The van der Waals surface area contributed by atoms with E-state index >= 15 is 0 Å². The summed E-state index contributed by atoms with van der Waals surface area (Å²) in [5.74, 6) is 1.34. The van der Waals surface area contributed by atoms with Gasteiger partial charge < -0.3 is 19.5 Å². The second-order valence-corrected chi connectivity index (χ2v) is 10.0. The highest BCUT2D eigenvalue weighted by molar-refractivity contribution is 6.05. The van der Waals surface area contributed by atoms with E-state index in [4.69, 9.17) is 9.72 Å².